The number of sulfonamides is 1. The molecule has 0 aliphatic carbocycles. The fraction of sp³-hybridized carbons (Fsp3) is 0.462. The minimum absolute atomic E-state index is 0.116. The quantitative estimate of drug-likeness (QED) is 0.707. The average molecular weight is 300 g/mol. The number of hydrogen-bond acceptors (Lipinski definition) is 4. The number of rotatable bonds is 6. The van der Waals surface area contributed by atoms with Gasteiger partial charge in [0.15, 0.2) is 0 Å². The van der Waals surface area contributed by atoms with E-state index >= 15 is 0 Å². The topological polar surface area (TPSA) is 95.5 Å². The van der Waals surface area contributed by atoms with Crippen LogP contribution in [0.25, 0.3) is 0 Å². The summed E-state index contributed by atoms with van der Waals surface area (Å²) in [4.78, 5) is 10.9. The molecule has 0 unspecified atom stereocenters. The fourth-order valence-corrected chi connectivity index (χ4v) is 2.87. The highest BCUT2D eigenvalue weighted by Crippen LogP contribution is 2.14. The molecule has 0 saturated carbocycles. The van der Waals surface area contributed by atoms with Gasteiger partial charge in [-0.3, -0.25) is 4.79 Å². The summed E-state index contributed by atoms with van der Waals surface area (Å²) in [6, 6.07) is 6.20. The van der Waals surface area contributed by atoms with Crippen LogP contribution in [0.2, 0.25) is 0 Å². The van der Waals surface area contributed by atoms with Crippen molar-refractivity contribution in [2.24, 2.45) is 0 Å². The Labute approximate surface area is 119 Å². The van der Waals surface area contributed by atoms with Crippen molar-refractivity contribution in [3.8, 4) is 0 Å². The Morgan fingerprint density at radius 3 is 2.25 bits per heavy atom. The molecule has 1 aromatic rings. The van der Waals surface area contributed by atoms with E-state index in [1.165, 1.54) is 19.1 Å². The second-order valence-electron chi connectivity index (χ2n) is 5.20. The lowest BCUT2D eigenvalue weighted by Crippen LogP contribution is -2.46. The second-order valence-corrected chi connectivity index (χ2v) is 6.88. The van der Waals surface area contributed by atoms with Gasteiger partial charge in [0.05, 0.1) is 17.0 Å². The monoisotopic (exact) mass is 300 g/mol. The minimum Gasteiger partial charge on any atom is -0.394 e. The molecule has 20 heavy (non-hydrogen) atoms. The van der Waals surface area contributed by atoms with Crippen molar-refractivity contribution in [3.63, 3.8) is 0 Å². The van der Waals surface area contributed by atoms with Crippen LogP contribution < -0.4 is 10.0 Å². The molecule has 1 rings (SSSR count). The molecule has 0 spiro atoms. The van der Waals surface area contributed by atoms with E-state index in [1.807, 2.05) is 0 Å². The fourth-order valence-electron chi connectivity index (χ4n) is 1.47. The maximum Gasteiger partial charge on any atom is 0.241 e. The Balaban J connectivity index is 2.84. The Morgan fingerprint density at radius 1 is 1.25 bits per heavy atom. The number of aliphatic hydroxyl groups excluding tert-OH is 1. The molecular weight excluding hydrogens is 280 g/mol. The van der Waals surface area contributed by atoms with Gasteiger partial charge in [0, 0.05) is 13.5 Å². The van der Waals surface area contributed by atoms with Crippen LogP contribution in [0.1, 0.15) is 26.3 Å². The van der Waals surface area contributed by atoms with Gasteiger partial charge in [-0.2, -0.15) is 0 Å². The lowest BCUT2D eigenvalue weighted by atomic mass is 10.1. The summed E-state index contributed by atoms with van der Waals surface area (Å²) in [5.74, 6) is -0.145. The SMILES string of the molecule is CC(=O)NCc1ccc(S(=O)(=O)NC(C)(C)CO)cc1. The van der Waals surface area contributed by atoms with E-state index in [0.717, 1.165) is 5.56 Å². The first kappa shape index (κ1) is 16.6. The van der Waals surface area contributed by atoms with Gasteiger partial charge in [-0.05, 0) is 31.5 Å². The van der Waals surface area contributed by atoms with E-state index in [2.05, 4.69) is 10.0 Å². The zero-order chi connectivity index (χ0) is 15.4. The summed E-state index contributed by atoms with van der Waals surface area (Å²) >= 11 is 0. The van der Waals surface area contributed by atoms with Gasteiger partial charge in [0.2, 0.25) is 15.9 Å². The molecule has 112 valence electrons. The third-order valence-corrected chi connectivity index (χ3v) is 4.30. The number of carbonyl (C=O) groups is 1. The summed E-state index contributed by atoms with van der Waals surface area (Å²) in [6.07, 6.45) is 0. The molecule has 0 bridgehead atoms. The first-order valence-corrected chi connectivity index (χ1v) is 7.63. The molecule has 0 saturated heterocycles. The highest BCUT2D eigenvalue weighted by Gasteiger charge is 2.25. The van der Waals surface area contributed by atoms with E-state index < -0.39 is 15.6 Å². The molecule has 0 radical (unpaired) electrons. The average Bonchev–Trinajstić information content (AvgIpc) is 2.35. The smallest absolute Gasteiger partial charge is 0.241 e. The molecule has 0 heterocycles. The van der Waals surface area contributed by atoms with E-state index in [0.29, 0.717) is 6.54 Å². The van der Waals surface area contributed by atoms with Crippen molar-refractivity contribution in [2.45, 2.75) is 37.8 Å². The minimum atomic E-state index is -3.68. The van der Waals surface area contributed by atoms with Gasteiger partial charge in [0.25, 0.3) is 0 Å². The van der Waals surface area contributed by atoms with Crippen molar-refractivity contribution < 1.29 is 18.3 Å². The van der Waals surface area contributed by atoms with E-state index in [1.54, 1.807) is 26.0 Å². The predicted octanol–water partition coefficient (Wildman–Crippen LogP) is 0.372. The van der Waals surface area contributed by atoms with E-state index in [4.69, 9.17) is 5.11 Å². The Hall–Kier alpha value is -1.44. The summed E-state index contributed by atoms with van der Waals surface area (Å²) in [6.45, 7) is 4.66. The zero-order valence-corrected chi connectivity index (χ0v) is 12.6. The number of amides is 1. The van der Waals surface area contributed by atoms with Crippen LogP contribution in [0.5, 0.6) is 0 Å². The first-order valence-electron chi connectivity index (χ1n) is 6.14. The van der Waals surface area contributed by atoms with Gasteiger partial charge in [-0.15, -0.1) is 0 Å². The summed E-state index contributed by atoms with van der Waals surface area (Å²) in [7, 11) is -3.68. The largest absolute Gasteiger partial charge is 0.394 e. The van der Waals surface area contributed by atoms with Crippen LogP contribution in [0.15, 0.2) is 29.2 Å². The van der Waals surface area contributed by atoms with Gasteiger partial charge in [-0.25, -0.2) is 13.1 Å². The molecule has 0 aromatic heterocycles. The molecule has 0 aliphatic heterocycles. The highest BCUT2D eigenvalue weighted by molar-refractivity contribution is 7.89. The third-order valence-electron chi connectivity index (χ3n) is 2.58. The van der Waals surface area contributed by atoms with Crippen molar-refractivity contribution in [2.75, 3.05) is 6.61 Å². The Kier molecular flexibility index (Phi) is 5.27. The van der Waals surface area contributed by atoms with Gasteiger partial charge in [0.1, 0.15) is 0 Å². The zero-order valence-electron chi connectivity index (χ0n) is 11.8. The number of aliphatic hydroxyl groups is 1. The molecule has 0 aliphatic rings. The van der Waals surface area contributed by atoms with Crippen LogP contribution in [0.3, 0.4) is 0 Å². The maximum absolute atomic E-state index is 12.1. The van der Waals surface area contributed by atoms with Crippen molar-refractivity contribution >= 4 is 15.9 Å². The van der Waals surface area contributed by atoms with Crippen LogP contribution in [0.4, 0.5) is 0 Å². The Bertz CT molecular complexity index is 565. The molecule has 6 nitrogen and oxygen atoms in total. The third kappa shape index (κ3) is 4.92. The van der Waals surface area contributed by atoms with Gasteiger partial charge in [-0.1, -0.05) is 12.1 Å². The summed E-state index contributed by atoms with van der Waals surface area (Å²) in [5.41, 5.74) is -0.117. The highest BCUT2D eigenvalue weighted by atomic mass is 32.2. The van der Waals surface area contributed by atoms with Gasteiger partial charge >= 0.3 is 0 Å². The Morgan fingerprint density at radius 2 is 1.80 bits per heavy atom. The molecule has 3 N–H and O–H groups in total. The van der Waals surface area contributed by atoms with E-state index in [-0.39, 0.29) is 17.4 Å². The predicted molar refractivity (Wildman–Crippen MR) is 75.4 cm³/mol. The first-order chi connectivity index (χ1) is 9.16. The van der Waals surface area contributed by atoms with Crippen molar-refractivity contribution in [3.05, 3.63) is 29.8 Å². The number of carbonyl (C=O) groups excluding carboxylic acids is 1. The van der Waals surface area contributed by atoms with Crippen LogP contribution in [-0.2, 0) is 21.4 Å². The molecular formula is C13H20N2O4S. The molecule has 1 amide bonds. The normalized spacial score (nSPS) is 12.2. The van der Waals surface area contributed by atoms with Crippen molar-refractivity contribution in [1.29, 1.82) is 0 Å². The van der Waals surface area contributed by atoms with E-state index in [9.17, 15) is 13.2 Å². The summed E-state index contributed by atoms with van der Waals surface area (Å²) < 4.78 is 26.6. The van der Waals surface area contributed by atoms with Crippen LogP contribution in [-0.4, -0.2) is 31.6 Å². The maximum atomic E-state index is 12.1. The molecule has 0 atom stereocenters. The molecule has 1 aromatic carbocycles. The second kappa shape index (κ2) is 6.34. The lowest BCUT2D eigenvalue weighted by Gasteiger charge is -2.23. The van der Waals surface area contributed by atoms with Crippen LogP contribution >= 0.6 is 0 Å². The molecule has 7 heteroatoms. The molecule has 0 fully saturated rings. The number of hydrogen-bond donors (Lipinski definition) is 3. The van der Waals surface area contributed by atoms with Crippen LogP contribution in [0, 0.1) is 0 Å². The van der Waals surface area contributed by atoms with Gasteiger partial charge < -0.3 is 10.4 Å². The number of benzene rings is 1. The number of nitrogens with one attached hydrogen (secondary N) is 2. The van der Waals surface area contributed by atoms with Crippen molar-refractivity contribution in [1.82, 2.24) is 10.0 Å². The summed E-state index contributed by atoms with van der Waals surface area (Å²) in [5, 5.41) is 11.7. The standard InChI is InChI=1S/C13H20N2O4S/c1-10(17)14-8-11-4-6-12(7-5-11)20(18,19)15-13(2,3)9-16/h4-7,15-16H,8-9H2,1-3H3,(H,14,17). The lowest BCUT2D eigenvalue weighted by molar-refractivity contribution is -0.119.